The number of ether oxygens (including phenoxy) is 4. The summed E-state index contributed by atoms with van der Waals surface area (Å²) in [4.78, 5) is 60.9. The molecule has 7 rings (SSSR count). The van der Waals surface area contributed by atoms with E-state index in [1.165, 1.54) is 39.6 Å². The maximum absolute atomic E-state index is 14.2. The average Bonchev–Trinajstić information content (AvgIpc) is 4.15. The van der Waals surface area contributed by atoms with Gasteiger partial charge in [-0.05, 0) is 96.8 Å². The van der Waals surface area contributed by atoms with Gasteiger partial charge in [-0.25, -0.2) is 9.59 Å². The maximum atomic E-state index is 14.2. The molecule has 1 saturated carbocycles. The molecule has 4 amide bonds. The first kappa shape index (κ1) is 42.8. The van der Waals surface area contributed by atoms with Gasteiger partial charge >= 0.3 is 12.2 Å². The van der Waals surface area contributed by atoms with Crippen molar-refractivity contribution in [3.63, 3.8) is 0 Å². The van der Waals surface area contributed by atoms with E-state index in [1.54, 1.807) is 13.8 Å². The van der Waals surface area contributed by atoms with Crippen LogP contribution in [0.15, 0.2) is 77.4 Å². The molecular formula is C47H59N5O8. The lowest BCUT2D eigenvalue weighted by atomic mass is 9.82. The largest absolute Gasteiger partial charge is 0.453 e. The van der Waals surface area contributed by atoms with Gasteiger partial charge in [-0.3, -0.25) is 14.6 Å². The summed E-state index contributed by atoms with van der Waals surface area (Å²) in [6, 6.07) is 15.3. The summed E-state index contributed by atoms with van der Waals surface area (Å²) in [5.41, 5.74) is 9.01. The Bertz CT molecular complexity index is 2050. The summed E-state index contributed by atoms with van der Waals surface area (Å²) in [6.45, 7) is 4.82. The molecule has 6 atom stereocenters. The van der Waals surface area contributed by atoms with Crippen molar-refractivity contribution in [3.05, 3.63) is 83.6 Å². The van der Waals surface area contributed by atoms with E-state index in [-0.39, 0.29) is 29.3 Å². The second kappa shape index (κ2) is 18.6. The van der Waals surface area contributed by atoms with Crippen LogP contribution in [0.2, 0.25) is 0 Å². The van der Waals surface area contributed by atoms with Gasteiger partial charge in [-0.1, -0.05) is 73.5 Å². The number of likely N-dealkylation sites (tertiary alicyclic amines) is 2. The minimum Gasteiger partial charge on any atom is -0.453 e. The van der Waals surface area contributed by atoms with Gasteiger partial charge in [0.05, 0.1) is 38.5 Å². The molecular weight excluding hydrogens is 763 g/mol. The zero-order chi connectivity index (χ0) is 42.6. The molecule has 2 aromatic rings. The molecule has 2 saturated heterocycles. The van der Waals surface area contributed by atoms with Crippen molar-refractivity contribution in [2.75, 3.05) is 41.5 Å². The fourth-order valence-corrected chi connectivity index (χ4v) is 9.80. The van der Waals surface area contributed by atoms with Crippen LogP contribution in [-0.2, 0) is 28.5 Å². The summed E-state index contributed by atoms with van der Waals surface area (Å²) in [5.74, 6) is -0.331. The van der Waals surface area contributed by atoms with E-state index < -0.39 is 36.5 Å². The van der Waals surface area contributed by atoms with E-state index >= 15 is 0 Å². The third kappa shape index (κ3) is 8.93. The van der Waals surface area contributed by atoms with Gasteiger partial charge in [0, 0.05) is 45.6 Å². The molecule has 0 radical (unpaired) electrons. The van der Waals surface area contributed by atoms with Gasteiger partial charge < -0.3 is 39.4 Å². The Labute approximate surface area is 353 Å². The molecule has 60 heavy (non-hydrogen) atoms. The van der Waals surface area contributed by atoms with Gasteiger partial charge in [0.15, 0.2) is 0 Å². The second-order valence-electron chi connectivity index (χ2n) is 16.9. The Kier molecular flexibility index (Phi) is 13.2. The zero-order valence-electron chi connectivity index (χ0n) is 35.7. The van der Waals surface area contributed by atoms with E-state index in [1.807, 2.05) is 16.0 Å². The van der Waals surface area contributed by atoms with E-state index in [2.05, 4.69) is 71.3 Å². The minimum absolute atomic E-state index is 0.0394. The summed E-state index contributed by atoms with van der Waals surface area (Å²) < 4.78 is 20.6. The van der Waals surface area contributed by atoms with Crippen LogP contribution < -0.4 is 10.6 Å². The number of hydrogen-bond acceptors (Lipinski definition) is 9. The van der Waals surface area contributed by atoms with E-state index in [0.717, 1.165) is 84.9 Å². The van der Waals surface area contributed by atoms with Crippen molar-refractivity contribution in [3.8, 4) is 11.1 Å². The molecule has 2 N–H and O–H groups in total. The third-order valence-electron chi connectivity index (χ3n) is 13.4. The molecule has 1 spiro atoms. The Balaban J connectivity index is 0.972. The van der Waals surface area contributed by atoms with Crippen LogP contribution in [0.25, 0.3) is 22.3 Å². The molecule has 320 valence electrons. The van der Waals surface area contributed by atoms with Crippen molar-refractivity contribution in [1.29, 1.82) is 0 Å². The number of carbonyl (C=O) groups excluding carboxylic acids is 4. The van der Waals surface area contributed by atoms with E-state index in [0.29, 0.717) is 19.5 Å². The molecule has 13 nitrogen and oxygen atoms in total. The number of hydrogen-bond donors (Lipinski definition) is 2. The molecule has 3 fully saturated rings. The molecule has 5 aliphatic rings. The first-order valence-electron chi connectivity index (χ1n) is 21.2. The number of carbonyl (C=O) groups is 4. The average molecular weight is 822 g/mol. The van der Waals surface area contributed by atoms with Gasteiger partial charge in [0.2, 0.25) is 11.8 Å². The van der Waals surface area contributed by atoms with Crippen LogP contribution in [0.4, 0.5) is 9.59 Å². The lowest BCUT2D eigenvalue weighted by Gasteiger charge is -2.32. The van der Waals surface area contributed by atoms with Crippen LogP contribution in [0.5, 0.6) is 0 Å². The number of amides is 4. The Morgan fingerprint density at radius 1 is 0.683 bits per heavy atom. The predicted octanol–water partition coefficient (Wildman–Crippen LogP) is 6.92. The van der Waals surface area contributed by atoms with Gasteiger partial charge in [0.25, 0.3) is 0 Å². The number of methoxy groups -OCH3 is 4. The number of alkyl carbamates (subject to hydrolysis) is 2. The highest BCUT2D eigenvalue weighted by molar-refractivity contribution is 6.04. The van der Waals surface area contributed by atoms with Gasteiger partial charge in [0.1, 0.15) is 12.1 Å². The van der Waals surface area contributed by atoms with Crippen molar-refractivity contribution in [1.82, 2.24) is 20.4 Å². The number of rotatable bonds is 13. The van der Waals surface area contributed by atoms with Crippen LogP contribution in [-0.4, -0.2) is 117 Å². The quantitative estimate of drug-likeness (QED) is 0.221. The lowest BCUT2D eigenvalue weighted by Crippen LogP contribution is -2.56. The second-order valence-corrected chi connectivity index (χ2v) is 16.9. The summed E-state index contributed by atoms with van der Waals surface area (Å²) in [5, 5.41) is 5.39. The minimum atomic E-state index is -0.871. The number of nitrogens with one attached hydrogen (secondary N) is 2. The van der Waals surface area contributed by atoms with Crippen LogP contribution >= 0.6 is 0 Å². The first-order valence-corrected chi connectivity index (χ1v) is 21.2. The zero-order valence-corrected chi connectivity index (χ0v) is 35.7. The Morgan fingerprint density at radius 2 is 1.22 bits per heavy atom. The van der Waals surface area contributed by atoms with Crippen molar-refractivity contribution >= 4 is 40.9 Å². The third-order valence-corrected chi connectivity index (χ3v) is 13.4. The Morgan fingerprint density at radius 3 is 1.77 bits per heavy atom. The molecule has 3 heterocycles. The van der Waals surface area contributed by atoms with Crippen molar-refractivity contribution in [2.24, 2.45) is 10.4 Å². The van der Waals surface area contributed by atoms with E-state index in [9.17, 15) is 19.2 Å². The fourth-order valence-electron chi connectivity index (χ4n) is 9.80. The molecule has 3 aliphatic heterocycles. The van der Waals surface area contributed by atoms with Crippen LogP contribution in [0, 0.1) is 5.41 Å². The predicted molar refractivity (Wildman–Crippen MR) is 230 cm³/mol. The molecule has 2 aliphatic carbocycles. The topological polar surface area (TPSA) is 148 Å². The Hall–Kier alpha value is -5.27. The molecule has 0 aromatic heterocycles. The molecule has 0 bridgehead atoms. The number of nitrogens with zero attached hydrogens (tertiary/aromatic N) is 3. The van der Waals surface area contributed by atoms with Crippen molar-refractivity contribution in [2.45, 2.75) is 108 Å². The fraction of sp³-hybridized carbons (Fsp3) is 0.511. The lowest BCUT2D eigenvalue weighted by molar-refractivity contribution is -0.137. The SMILES string of the molecule is COC(=O)N[C@H](C(=O)N1CCC[C@H]1C1=CC=C(c2ccc(-c3ccc(C4=CN=C([C@@H]5CC6(CCCC6)CN5C(=O)[C@@H](NC(=O)OC)[C@@H](C)OC)C4)cc3)cc2)C1)[C@@H](C)OC. The summed E-state index contributed by atoms with van der Waals surface area (Å²) in [7, 11) is 5.64. The highest BCUT2D eigenvalue weighted by Crippen LogP contribution is 2.49. The van der Waals surface area contributed by atoms with E-state index in [4.69, 9.17) is 23.9 Å². The summed E-state index contributed by atoms with van der Waals surface area (Å²) in [6.07, 6.45) is 12.4. The number of allylic oxidation sites excluding steroid dienone is 4. The summed E-state index contributed by atoms with van der Waals surface area (Å²) >= 11 is 0. The van der Waals surface area contributed by atoms with Gasteiger partial charge in [-0.15, -0.1) is 0 Å². The molecule has 2 aromatic carbocycles. The number of aliphatic imine (C=N–C) groups is 1. The standard InChI is InChI=1S/C47H59N5O8/c1-29(57-3)41(49-45(55)59-5)43(53)51-23-9-10-39(51)36-20-19-35(24-36)33-15-11-31(12-16-33)32-13-17-34(18-14-32)37-25-38(48-27-37)40-26-47(21-7-8-22-47)28-52(40)44(54)42(30(2)58-4)50-46(56)60-6/h11-20,27,29-30,39-42H,7-10,21-26,28H2,1-6H3,(H,49,55)(H,50,56)/t29-,30-,39+,40+,41+,42+/m1/s1. The van der Waals surface area contributed by atoms with Crippen LogP contribution in [0.3, 0.4) is 0 Å². The molecule has 13 heteroatoms. The smallest absolute Gasteiger partial charge is 0.407 e. The van der Waals surface area contributed by atoms with Crippen molar-refractivity contribution < 1.29 is 38.1 Å². The van der Waals surface area contributed by atoms with Gasteiger partial charge in [-0.2, -0.15) is 0 Å². The first-order chi connectivity index (χ1) is 29.0. The molecule has 0 unspecified atom stereocenters. The normalized spacial score (nSPS) is 22.7. The van der Waals surface area contributed by atoms with Crippen LogP contribution in [0.1, 0.15) is 82.8 Å². The maximum Gasteiger partial charge on any atom is 0.407 e. The highest BCUT2D eigenvalue weighted by Gasteiger charge is 2.51. The monoisotopic (exact) mass is 821 g/mol. The number of benzene rings is 2. The highest BCUT2D eigenvalue weighted by atomic mass is 16.5.